The maximum Gasteiger partial charge on any atom is 0.167 e. The normalized spacial score (nSPS) is 19.9. The van der Waals surface area contributed by atoms with E-state index in [4.69, 9.17) is 4.74 Å². The van der Waals surface area contributed by atoms with Gasteiger partial charge in [-0.25, -0.2) is 19.3 Å². The maximum atomic E-state index is 13.2. The van der Waals surface area contributed by atoms with Crippen LogP contribution in [0.2, 0.25) is 0 Å². The molecule has 0 spiro atoms. The summed E-state index contributed by atoms with van der Waals surface area (Å²) in [7, 11) is 4.03. The Morgan fingerprint density at radius 3 is 2.74 bits per heavy atom. The standard InChI is InChI=1S/C21H28FN7O2/c1-27(2)8-7-23-20-19-21(25-13-24-20)29(14-26-19)18-11-28(10-17(12-30)31-18)9-15-3-5-16(22)6-4-15/h3-6,13-14,17-18,30H,7-12H2,1-2H3,(H,23,24,25)/t17-,18+/m0/s1. The van der Waals surface area contributed by atoms with Crippen molar-refractivity contribution in [2.75, 3.05) is 52.2 Å². The summed E-state index contributed by atoms with van der Waals surface area (Å²) in [6, 6.07) is 6.47. The van der Waals surface area contributed by atoms with Gasteiger partial charge in [-0.05, 0) is 31.8 Å². The van der Waals surface area contributed by atoms with Gasteiger partial charge in [0.15, 0.2) is 17.0 Å². The van der Waals surface area contributed by atoms with Crippen molar-refractivity contribution in [1.29, 1.82) is 0 Å². The zero-order valence-electron chi connectivity index (χ0n) is 17.8. The van der Waals surface area contributed by atoms with Crippen LogP contribution in [0.15, 0.2) is 36.9 Å². The maximum absolute atomic E-state index is 13.2. The Morgan fingerprint density at radius 2 is 2.00 bits per heavy atom. The van der Waals surface area contributed by atoms with Crippen LogP contribution in [0.4, 0.5) is 10.2 Å². The highest BCUT2D eigenvalue weighted by molar-refractivity contribution is 5.82. The number of likely N-dealkylation sites (N-methyl/N-ethyl adjacent to an activating group) is 1. The highest BCUT2D eigenvalue weighted by atomic mass is 19.1. The highest BCUT2D eigenvalue weighted by Gasteiger charge is 2.30. The Morgan fingerprint density at radius 1 is 1.19 bits per heavy atom. The summed E-state index contributed by atoms with van der Waals surface area (Å²) in [4.78, 5) is 17.6. The summed E-state index contributed by atoms with van der Waals surface area (Å²) in [5.74, 6) is 0.430. The molecule has 1 aliphatic rings. The number of aliphatic hydroxyl groups is 1. The molecule has 31 heavy (non-hydrogen) atoms. The Balaban J connectivity index is 1.53. The molecule has 1 aliphatic heterocycles. The number of nitrogens with zero attached hydrogens (tertiary/aromatic N) is 6. The van der Waals surface area contributed by atoms with E-state index in [1.54, 1.807) is 18.5 Å². The minimum Gasteiger partial charge on any atom is -0.394 e. The summed E-state index contributed by atoms with van der Waals surface area (Å²) in [6.07, 6.45) is 2.52. The van der Waals surface area contributed by atoms with E-state index < -0.39 is 0 Å². The van der Waals surface area contributed by atoms with Gasteiger partial charge in [0.05, 0.1) is 19.0 Å². The fourth-order valence-corrected chi connectivity index (χ4v) is 3.71. The first kappa shape index (κ1) is 21.6. The van der Waals surface area contributed by atoms with Crippen molar-refractivity contribution in [2.45, 2.75) is 18.9 Å². The van der Waals surface area contributed by atoms with Gasteiger partial charge in [0, 0.05) is 32.7 Å². The fourth-order valence-electron chi connectivity index (χ4n) is 3.71. The molecule has 9 nitrogen and oxygen atoms in total. The lowest BCUT2D eigenvalue weighted by atomic mass is 10.1. The van der Waals surface area contributed by atoms with Crippen molar-refractivity contribution in [3.8, 4) is 0 Å². The third kappa shape index (κ3) is 5.16. The van der Waals surface area contributed by atoms with Crippen LogP contribution in [0.5, 0.6) is 0 Å². The van der Waals surface area contributed by atoms with Crippen molar-refractivity contribution in [3.63, 3.8) is 0 Å². The molecule has 4 rings (SSSR count). The van der Waals surface area contributed by atoms with Crippen LogP contribution in [0.1, 0.15) is 11.8 Å². The van der Waals surface area contributed by atoms with Crippen LogP contribution < -0.4 is 5.32 Å². The topological polar surface area (TPSA) is 91.6 Å². The number of aromatic nitrogens is 4. The van der Waals surface area contributed by atoms with Gasteiger partial charge in [-0.15, -0.1) is 0 Å². The van der Waals surface area contributed by atoms with Crippen LogP contribution in [-0.4, -0.2) is 87.4 Å². The molecule has 3 aromatic rings. The fraction of sp³-hybridized carbons (Fsp3) is 0.476. The molecule has 0 unspecified atom stereocenters. The molecule has 3 heterocycles. The molecule has 2 aromatic heterocycles. The molecule has 10 heteroatoms. The smallest absolute Gasteiger partial charge is 0.167 e. The zero-order valence-corrected chi connectivity index (χ0v) is 17.8. The molecule has 0 aliphatic carbocycles. The van der Waals surface area contributed by atoms with Crippen LogP contribution in [0.3, 0.4) is 0 Å². The largest absolute Gasteiger partial charge is 0.394 e. The van der Waals surface area contributed by atoms with E-state index in [0.717, 1.165) is 18.7 Å². The molecule has 1 saturated heterocycles. The van der Waals surface area contributed by atoms with E-state index in [9.17, 15) is 9.50 Å². The number of benzene rings is 1. The summed E-state index contributed by atoms with van der Waals surface area (Å²) in [5, 5.41) is 13.1. The average molecular weight is 430 g/mol. The van der Waals surface area contributed by atoms with Crippen LogP contribution in [0, 0.1) is 5.82 Å². The molecule has 0 amide bonds. The first-order valence-electron chi connectivity index (χ1n) is 10.3. The summed E-state index contributed by atoms with van der Waals surface area (Å²) < 4.78 is 21.2. The second-order valence-electron chi connectivity index (χ2n) is 7.99. The SMILES string of the molecule is CN(C)CCNc1ncnc2c1ncn2[C@H]1CN(Cc2ccc(F)cc2)C[C@@H](CO)O1. The van der Waals surface area contributed by atoms with Gasteiger partial charge >= 0.3 is 0 Å². The van der Waals surface area contributed by atoms with E-state index in [-0.39, 0.29) is 24.8 Å². The van der Waals surface area contributed by atoms with Gasteiger partial charge in [0.2, 0.25) is 0 Å². The number of fused-ring (bicyclic) bond motifs is 1. The lowest BCUT2D eigenvalue weighted by molar-refractivity contribution is -0.135. The Labute approximate surface area is 180 Å². The van der Waals surface area contributed by atoms with Gasteiger partial charge in [-0.2, -0.15) is 0 Å². The zero-order chi connectivity index (χ0) is 21.8. The number of anilines is 1. The first-order valence-corrected chi connectivity index (χ1v) is 10.3. The van der Waals surface area contributed by atoms with Gasteiger partial charge in [-0.3, -0.25) is 9.47 Å². The Kier molecular flexibility index (Phi) is 6.71. The number of hydrogen-bond acceptors (Lipinski definition) is 8. The lowest BCUT2D eigenvalue weighted by Gasteiger charge is -2.37. The number of rotatable bonds is 8. The molecule has 2 atom stereocenters. The molecule has 0 bridgehead atoms. The van der Waals surface area contributed by atoms with Crippen LogP contribution in [-0.2, 0) is 11.3 Å². The second-order valence-corrected chi connectivity index (χ2v) is 7.99. The lowest BCUT2D eigenvalue weighted by Crippen LogP contribution is -2.46. The number of ether oxygens (including phenoxy) is 1. The minimum absolute atomic E-state index is 0.0879. The highest BCUT2D eigenvalue weighted by Crippen LogP contribution is 2.26. The molecular formula is C21H28FN7O2. The van der Waals surface area contributed by atoms with E-state index >= 15 is 0 Å². The van der Waals surface area contributed by atoms with Gasteiger partial charge < -0.3 is 20.1 Å². The van der Waals surface area contributed by atoms with Gasteiger partial charge in [0.1, 0.15) is 18.4 Å². The van der Waals surface area contributed by atoms with Crippen molar-refractivity contribution in [2.24, 2.45) is 0 Å². The van der Waals surface area contributed by atoms with Crippen molar-refractivity contribution in [1.82, 2.24) is 29.3 Å². The summed E-state index contributed by atoms with van der Waals surface area (Å²) in [5.41, 5.74) is 2.36. The van der Waals surface area contributed by atoms with Crippen LogP contribution >= 0.6 is 0 Å². The molecule has 166 valence electrons. The number of nitrogens with one attached hydrogen (secondary N) is 1. The van der Waals surface area contributed by atoms with Gasteiger partial charge in [0.25, 0.3) is 0 Å². The van der Waals surface area contributed by atoms with E-state index in [1.807, 2.05) is 18.7 Å². The molecule has 1 aromatic carbocycles. The van der Waals surface area contributed by atoms with E-state index in [1.165, 1.54) is 18.5 Å². The monoisotopic (exact) mass is 429 g/mol. The molecule has 1 fully saturated rings. The van der Waals surface area contributed by atoms with E-state index in [2.05, 4.69) is 30.1 Å². The van der Waals surface area contributed by atoms with E-state index in [0.29, 0.717) is 36.6 Å². The van der Waals surface area contributed by atoms with Crippen molar-refractivity contribution < 1.29 is 14.2 Å². The quantitative estimate of drug-likeness (QED) is 0.554. The predicted molar refractivity (Wildman–Crippen MR) is 115 cm³/mol. The molecule has 2 N–H and O–H groups in total. The number of aliphatic hydroxyl groups excluding tert-OH is 1. The minimum atomic E-state index is -0.360. The predicted octanol–water partition coefficient (Wildman–Crippen LogP) is 1.33. The van der Waals surface area contributed by atoms with Crippen molar-refractivity contribution >= 4 is 17.0 Å². The first-order chi connectivity index (χ1) is 15.0. The third-order valence-electron chi connectivity index (χ3n) is 5.27. The summed E-state index contributed by atoms with van der Waals surface area (Å²) >= 11 is 0. The number of morpholine rings is 1. The number of halogens is 1. The van der Waals surface area contributed by atoms with Gasteiger partial charge in [-0.1, -0.05) is 12.1 Å². The number of hydrogen-bond donors (Lipinski definition) is 2. The summed E-state index contributed by atoms with van der Waals surface area (Å²) in [6.45, 7) is 3.33. The average Bonchev–Trinajstić information content (AvgIpc) is 3.20. The third-order valence-corrected chi connectivity index (χ3v) is 5.27. The Hall–Kier alpha value is -2.66. The molecule has 0 saturated carbocycles. The Bertz CT molecular complexity index is 995. The molecular weight excluding hydrogens is 401 g/mol. The van der Waals surface area contributed by atoms with Crippen LogP contribution in [0.25, 0.3) is 11.2 Å². The second kappa shape index (κ2) is 9.65. The van der Waals surface area contributed by atoms with Crippen molar-refractivity contribution in [3.05, 3.63) is 48.3 Å². The number of imidazole rings is 1. The molecule has 0 radical (unpaired) electrons.